The third-order valence-corrected chi connectivity index (χ3v) is 2.35. The molecule has 0 aromatic carbocycles. The molecule has 0 aliphatic rings. The van der Waals surface area contributed by atoms with Crippen LogP contribution < -0.4 is 0 Å². The van der Waals surface area contributed by atoms with Gasteiger partial charge >= 0.3 is 5.97 Å². The molecule has 1 aromatic rings. The van der Waals surface area contributed by atoms with E-state index in [0.29, 0.717) is 0 Å². The van der Waals surface area contributed by atoms with E-state index in [0.717, 1.165) is 18.0 Å². The Hall–Kier alpha value is -0.970. The van der Waals surface area contributed by atoms with Gasteiger partial charge in [0, 0.05) is 12.6 Å². The summed E-state index contributed by atoms with van der Waals surface area (Å²) in [4.78, 5) is 10.6. The van der Waals surface area contributed by atoms with Crippen LogP contribution in [-0.4, -0.2) is 27.1 Å². The number of nitrogens with zero attached hydrogens (tertiary/aromatic N) is 2. The summed E-state index contributed by atoms with van der Waals surface area (Å²) in [7, 11) is 0. The third-order valence-electron chi connectivity index (χ3n) is 1.61. The van der Waals surface area contributed by atoms with Gasteiger partial charge in [0.15, 0.2) is 5.69 Å². The molecule has 0 radical (unpaired) electrons. The van der Waals surface area contributed by atoms with Gasteiger partial charge in [0.25, 0.3) is 0 Å². The lowest BCUT2D eigenvalue weighted by atomic mass is 10.4. The first-order valence-corrected chi connectivity index (χ1v) is 5.26. The summed E-state index contributed by atoms with van der Waals surface area (Å²) in [6.07, 6.45) is 2.86. The first-order chi connectivity index (χ1) is 6.19. The summed E-state index contributed by atoms with van der Waals surface area (Å²) in [6, 6.07) is 1.60. The molecule has 0 aliphatic carbocycles. The second-order valence-corrected chi connectivity index (χ2v) is 3.43. The van der Waals surface area contributed by atoms with Crippen LogP contribution in [0.25, 0.3) is 0 Å². The highest BCUT2D eigenvalue weighted by Gasteiger charge is 2.11. The van der Waals surface area contributed by atoms with Gasteiger partial charge in [0.1, 0.15) is 0 Å². The highest BCUT2D eigenvalue weighted by Crippen LogP contribution is 2.16. The molecule has 72 valence electrons. The number of rotatable bonds is 4. The number of aromatic carboxylic acids is 1. The largest absolute Gasteiger partial charge is 0.476 e. The molecule has 4 nitrogen and oxygen atoms in total. The number of aryl methyl sites for hydroxylation is 1. The lowest BCUT2D eigenvalue weighted by Crippen LogP contribution is -2.03. The molecular formula is C8H12N2O2S. The Balaban J connectivity index is 2.96. The van der Waals surface area contributed by atoms with Gasteiger partial charge in [-0.05, 0) is 12.7 Å². The highest BCUT2D eigenvalue weighted by atomic mass is 32.2. The molecule has 1 rings (SSSR count). The second-order valence-electron chi connectivity index (χ2n) is 2.60. The first kappa shape index (κ1) is 10.1. The average molecular weight is 200 g/mol. The molecule has 0 aliphatic heterocycles. The Kier molecular flexibility index (Phi) is 3.36. The van der Waals surface area contributed by atoms with Gasteiger partial charge < -0.3 is 5.11 Å². The van der Waals surface area contributed by atoms with Gasteiger partial charge in [-0.15, -0.1) is 11.8 Å². The van der Waals surface area contributed by atoms with Crippen molar-refractivity contribution in [3.63, 3.8) is 0 Å². The Bertz CT molecular complexity index is 309. The van der Waals surface area contributed by atoms with Crippen LogP contribution in [0, 0.1) is 0 Å². The van der Waals surface area contributed by atoms with Crippen LogP contribution in [0.3, 0.4) is 0 Å². The van der Waals surface area contributed by atoms with E-state index in [2.05, 4.69) is 5.10 Å². The van der Waals surface area contributed by atoms with Crippen LogP contribution in [0.4, 0.5) is 0 Å². The number of carboxylic acid groups (broad SMARTS) is 1. The van der Waals surface area contributed by atoms with Gasteiger partial charge in [-0.3, -0.25) is 4.68 Å². The zero-order valence-corrected chi connectivity index (χ0v) is 8.47. The van der Waals surface area contributed by atoms with E-state index >= 15 is 0 Å². The van der Waals surface area contributed by atoms with Crippen LogP contribution in [0.15, 0.2) is 11.1 Å². The maximum absolute atomic E-state index is 10.6. The van der Waals surface area contributed by atoms with Crippen LogP contribution in [0.1, 0.15) is 23.8 Å². The van der Waals surface area contributed by atoms with Gasteiger partial charge in [-0.2, -0.15) is 5.10 Å². The lowest BCUT2D eigenvalue weighted by molar-refractivity contribution is 0.0689. The van der Waals surface area contributed by atoms with Crippen molar-refractivity contribution in [1.82, 2.24) is 9.78 Å². The molecule has 0 amide bonds. The standard InChI is InChI=1S/C8H12N2O2S/c1-3-4-10-7(13-2)5-6(9-10)8(11)12/h5H,3-4H2,1-2H3,(H,11,12). The number of carboxylic acids is 1. The molecule has 1 heterocycles. The van der Waals surface area contributed by atoms with Gasteiger partial charge in [0.2, 0.25) is 0 Å². The van der Waals surface area contributed by atoms with Gasteiger partial charge in [-0.25, -0.2) is 4.79 Å². The predicted octanol–water partition coefficient (Wildman–Crippen LogP) is 1.71. The molecule has 1 N–H and O–H groups in total. The Morgan fingerprint density at radius 3 is 2.92 bits per heavy atom. The molecule has 0 saturated carbocycles. The number of thioether (sulfide) groups is 1. The van der Waals surface area contributed by atoms with E-state index in [1.165, 1.54) is 11.8 Å². The minimum atomic E-state index is -0.967. The van der Waals surface area contributed by atoms with E-state index in [1.54, 1.807) is 10.7 Å². The Morgan fingerprint density at radius 2 is 2.46 bits per heavy atom. The van der Waals surface area contributed by atoms with Crippen LogP contribution >= 0.6 is 11.8 Å². The van der Waals surface area contributed by atoms with Crippen molar-refractivity contribution in [2.24, 2.45) is 0 Å². The van der Waals surface area contributed by atoms with Crippen molar-refractivity contribution in [2.75, 3.05) is 6.26 Å². The van der Waals surface area contributed by atoms with Gasteiger partial charge in [-0.1, -0.05) is 6.92 Å². The lowest BCUT2D eigenvalue weighted by Gasteiger charge is -2.00. The van der Waals surface area contributed by atoms with Crippen molar-refractivity contribution in [1.29, 1.82) is 0 Å². The molecule has 0 unspecified atom stereocenters. The number of hydrogen-bond acceptors (Lipinski definition) is 3. The number of hydrogen-bond donors (Lipinski definition) is 1. The monoisotopic (exact) mass is 200 g/mol. The van der Waals surface area contributed by atoms with E-state index in [4.69, 9.17) is 5.11 Å². The quantitative estimate of drug-likeness (QED) is 0.752. The number of carbonyl (C=O) groups is 1. The fraction of sp³-hybridized carbons (Fsp3) is 0.500. The molecule has 13 heavy (non-hydrogen) atoms. The third kappa shape index (κ3) is 2.24. The van der Waals surface area contributed by atoms with Crippen LogP contribution in [0.5, 0.6) is 0 Å². The molecule has 0 fully saturated rings. The van der Waals surface area contributed by atoms with Crippen LogP contribution in [-0.2, 0) is 6.54 Å². The molecule has 0 spiro atoms. The van der Waals surface area contributed by atoms with E-state index in [9.17, 15) is 4.79 Å². The van der Waals surface area contributed by atoms with E-state index in [1.807, 2.05) is 13.2 Å². The maximum Gasteiger partial charge on any atom is 0.356 e. The van der Waals surface area contributed by atoms with Crippen molar-refractivity contribution in [3.8, 4) is 0 Å². The average Bonchev–Trinajstić information content (AvgIpc) is 2.48. The van der Waals surface area contributed by atoms with E-state index < -0.39 is 5.97 Å². The molecule has 0 atom stereocenters. The Labute approximate surface area is 80.9 Å². The Morgan fingerprint density at radius 1 is 1.77 bits per heavy atom. The zero-order chi connectivity index (χ0) is 9.84. The first-order valence-electron chi connectivity index (χ1n) is 4.04. The van der Waals surface area contributed by atoms with Crippen molar-refractivity contribution < 1.29 is 9.90 Å². The number of aromatic nitrogens is 2. The summed E-state index contributed by atoms with van der Waals surface area (Å²) in [5.74, 6) is -0.967. The minimum absolute atomic E-state index is 0.123. The fourth-order valence-corrected chi connectivity index (χ4v) is 1.61. The molecule has 0 saturated heterocycles. The summed E-state index contributed by atoms with van der Waals surface area (Å²) in [5, 5.41) is 13.6. The second kappa shape index (κ2) is 4.32. The predicted molar refractivity (Wildman–Crippen MR) is 51.3 cm³/mol. The molecule has 0 bridgehead atoms. The topological polar surface area (TPSA) is 55.1 Å². The fourth-order valence-electron chi connectivity index (χ4n) is 1.04. The minimum Gasteiger partial charge on any atom is -0.476 e. The SMILES string of the molecule is CCCn1nc(C(=O)O)cc1SC. The van der Waals surface area contributed by atoms with Crippen molar-refractivity contribution >= 4 is 17.7 Å². The summed E-state index contributed by atoms with van der Waals surface area (Å²) < 4.78 is 1.73. The molecule has 1 aromatic heterocycles. The summed E-state index contributed by atoms with van der Waals surface area (Å²) in [6.45, 7) is 2.80. The molecule has 5 heteroatoms. The smallest absolute Gasteiger partial charge is 0.356 e. The zero-order valence-electron chi connectivity index (χ0n) is 7.65. The summed E-state index contributed by atoms with van der Waals surface area (Å²) >= 11 is 1.51. The van der Waals surface area contributed by atoms with Crippen molar-refractivity contribution in [2.45, 2.75) is 24.9 Å². The highest BCUT2D eigenvalue weighted by molar-refractivity contribution is 7.98. The molecular weight excluding hydrogens is 188 g/mol. The van der Waals surface area contributed by atoms with Crippen LogP contribution in [0.2, 0.25) is 0 Å². The summed E-state index contributed by atoms with van der Waals surface area (Å²) in [5.41, 5.74) is 0.123. The van der Waals surface area contributed by atoms with E-state index in [-0.39, 0.29) is 5.69 Å². The van der Waals surface area contributed by atoms with Gasteiger partial charge in [0.05, 0.1) is 5.03 Å². The normalized spacial score (nSPS) is 10.3. The van der Waals surface area contributed by atoms with Crippen molar-refractivity contribution in [3.05, 3.63) is 11.8 Å². The maximum atomic E-state index is 10.6.